The average molecular weight is 433 g/mol. The third kappa shape index (κ3) is 2.77. The fourth-order valence-electron chi connectivity index (χ4n) is 8.59. The number of hydrogen-bond acceptors (Lipinski definition) is 7. The number of aldehydes is 3. The average Bonchev–Trinajstić information content (AvgIpc) is 3.56. The van der Waals surface area contributed by atoms with Crippen LogP contribution in [0.5, 0.6) is 0 Å². The minimum atomic E-state index is -0.532. The van der Waals surface area contributed by atoms with Crippen LogP contribution in [0, 0.1) is 58.2 Å². The second kappa shape index (κ2) is 7.91. The van der Waals surface area contributed by atoms with Gasteiger partial charge in [0.05, 0.1) is 13.0 Å². The van der Waals surface area contributed by atoms with Crippen molar-refractivity contribution in [3.63, 3.8) is 0 Å². The molecule has 0 aromatic rings. The van der Waals surface area contributed by atoms with E-state index in [9.17, 15) is 24.0 Å². The predicted molar refractivity (Wildman–Crippen MR) is 109 cm³/mol. The Balaban J connectivity index is 0.000000730. The zero-order valence-corrected chi connectivity index (χ0v) is 18.5. The van der Waals surface area contributed by atoms with E-state index in [0.29, 0.717) is 12.8 Å². The maximum Gasteiger partial charge on any atom is 0.309 e. The summed E-state index contributed by atoms with van der Waals surface area (Å²) in [6.45, 7) is 0. The van der Waals surface area contributed by atoms with E-state index in [2.05, 4.69) is 4.74 Å². The summed E-state index contributed by atoms with van der Waals surface area (Å²) in [6.07, 6.45) is 7.03. The smallest absolute Gasteiger partial charge is 0.309 e. The van der Waals surface area contributed by atoms with Crippen molar-refractivity contribution in [2.45, 2.75) is 38.5 Å². The standard InChI is InChI=1S/C22H26O6.C2H6O/c1-28-19(26)18-12-5-17(15(18)10-25)22(7-12)3-2-21(20(22)27)6-11-4-16(21)14(9-24)13(11)8-23;1-3-2/h8-18H,2-7H2,1H3;1-2H3. The van der Waals surface area contributed by atoms with Gasteiger partial charge in [0.2, 0.25) is 0 Å². The summed E-state index contributed by atoms with van der Waals surface area (Å²) in [5, 5.41) is 0. The molecule has 2 spiro atoms. The first-order chi connectivity index (χ1) is 14.9. The summed E-state index contributed by atoms with van der Waals surface area (Å²) in [6, 6.07) is 0. The zero-order chi connectivity index (χ0) is 22.6. The highest BCUT2D eigenvalue weighted by Crippen LogP contribution is 2.73. The highest BCUT2D eigenvalue weighted by Gasteiger charge is 2.74. The molecule has 5 rings (SSSR count). The fraction of sp³-hybridized carbons (Fsp3) is 0.792. The Morgan fingerprint density at radius 1 is 0.839 bits per heavy atom. The van der Waals surface area contributed by atoms with Crippen LogP contribution in [-0.4, -0.2) is 51.9 Å². The summed E-state index contributed by atoms with van der Waals surface area (Å²) >= 11 is 0. The molecule has 5 saturated carbocycles. The van der Waals surface area contributed by atoms with Crippen molar-refractivity contribution in [3.05, 3.63) is 0 Å². The van der Waals surface area contributed by atoms with Crippen molar-refractivity contribution in [2.24, 2.45) is 58.2 Å². The highest BCUT2D eigenvalue weighted by atomic mass is 16.5. The first-order valence-electron chi connectivity index (χ1n) is 11.3. The number of methoxy groups -OCH3 is 2. The third-order valence-electron chi connectivity index (χ3n) is 9.49. The lowest BCUT2D eigenvalue weighted by molar-refractivity contribution is -0.155. The Labute approximate surface area is 182 Å². The first kappa shape index (κ1) is 22.3. The topological polar surface area (TPSA) is 104 Å². The highest BCUT2D eigenvalue weighted by molar-refractivity contribution is 5.96. The molecule has 7 nitrogen and oxygen atoms in total. The number of ether oxygens (including phenoxy) is 2. The normalized spacial score (nSPS) is 48.7. The molecule has 5 aliphatic rings. The van der Waals surface area contributed by atoms with E-state index in [1.807, 2.05) is 0 Å². The molecule has 10 unspecified atom stereocenters. The van der Waals surface area contributed by atoms with Crippen LogP contribution in [0.4, 0.5) is 0 Å². The van der Waals surface area contributed by atoms with Gasteiger partial charge in [0.25, 0.3) is 0 Å². The number of rotatable bonds is 4. The Hall–Kier alpha value is -1.89. The van der Waals surface area contributed by atoms with Crippen molar-refractivity contribution in [1.29, 1.82) is 0 Å². The maximum atomic E-state index is 14.0. The molecule has 0 heterocycles. The number of esters is 1. The monoisotopic (exact) mass is 432 g/mol. The van der Waals surface area contributed by atoms with E-state index in [-0.39, 0.29) is 47.3 Å². The number of carbonyl (C=O) groups is 5. The molecule has 4 bridgehead atoms. The van der Waals surface area contributed by atoms with Gasteiger partial charge in [-0.25, -0.2) is 0 Å². The van der Waals surface area contributed by atoms with Gasteiger partial charge >= 0.3 is 5.97 Å². The molecule has 5 aliphatic carbocycles. The van der Waals surface area contributed by atoms with Gasteiger partial charge in [0.15, 0.2) is 0 Å². The molecule has 0 N–H and O–H groups in total. The van der Waals surface area contributed by atoms with Gasteiger partial charge in [-0.3, -0.25) is 9.59 Å². The van der Waals surface area contributed by atoms with Gasteiger partial charge < -0.3 is 23.9 Å². The molecule has 0 saturated heterocycles. The summed E-state index contributed by atoms with van der Waals surface area (Å²) in [5.41, 5.74) is -1.04. The van der Waals surface area contributed by atoms with E-state index in [1.54, 1.807) is 14.2 Å². The van der Waals surface area contributed by atoms with Crippen LogP contribution < -0.4 is 0 Å². The number of hydrogen-bond donors (Lipinski definition) is 0. The predicted octanol–water partition coefficient (Wildman–Crippen LogP) is 1.90. The first-order valence-corrected chi connectivity index (χ1v) is 11.3. The Morgan fingerprint density at radius 2 is 1.32 bits per heavy atom. The maximum absolute atomic E-state index is 14.0. The van der Waals surface area contributed by atoms with Crippen molar-refractivity contribution in [3.8, 4) is 0 Å². The number of carbonyl (C=O) groups excluding carboxylic acids is 5. The van der Waals surface area contributed by atoms with Gasteiger partial charge in [-0.1, -0.05) is 0 Å². The Morgan fingerprint density at radius 3 is 1.84 bits per heavy atom. The van der Waals surface area contributed by atoms with E-state index in [0.717, 1.165) is 44.5 Å². The van der Waals surface area contributed by atoms with E-state index < -0.39 is 22.7 Å². The van der Waals surface area contributed by atoms with Crippen molar-refractivity contribution >= 4 is 30.6 Å². The van der Waals surface area contributed by atoms with E-state index in [4.69, 9.17) is 4.74 Å². The summed E-state index contributed by atoms with van der Waals surface area (Å²) in [7, 11) is 4.60. The molecule has 170 valence electrons. The SMILES string of the molecule is COC.COC(=O)C1C2CC(C1C=O)C1(CCC3(CC4CC3C(C=O)C4C=O)C1=O)C2. The lowest BCUT2D eigenvalue weighted by Gasteiger charge is -2.42. The minimum absolute atomic E-state index is 0.0231. The fourth-order valence-corrected chi connectivity index (χ4v) is 8.59. The van der Waals surface area contributed by atoms with Crippen molar-refractivity contribution < 1.29 is 33.4 Å². The second-order valence-electron chi connectivity index (χ2n) is 10.4. The number of fused-ring (bicyclic) bond motifs is 6. The summed E-state index contributed by atoms with van der Waals surface area (Å²) in [4.78, 5) is 61.3. The lowest BCUT2D eigenvalue weighted by atomic mass is 9.58. The molecule has 0 radical (unpaired) electrons. The number of ketones is 1. The molecule has 0 amide bonds. The van der Waals surface area contributed by atoms with Crippen molar-refractivity contribution in [2.75, 3.05) is 21.3 Å². The molecule has 5 fully saturated rings. The largest absolute Gasteiger partial charge is 0.469 e. The van der Waals surface area contributed by atoms with Crippen LogP contribution in [0.15, 0.2) is 0 Å². The summed E-state index contributed by atoms with van der Waals surface area (Å²) < 4.78 is 9.18. The van der Waals surface area contributed by atoms with Crippen LogP contribution in [0.1, 0.15) is 38.5 Å². The van der Waals surface area contributed by atoms with Gasteiger partial charge in [0.1, 0.15) is 24.6 Å². The van der Waals surface area contributed by atoms with Crippen LogP contribution in [0.25, 0.3) is 0 Å². The van der Waals surface area contributed by atoms with Gasteiger partial charge in [-0.15, -0.1) is 0 Å². The molecule has 31 heavy (non-hydrogen) atoms. The number of Topliss-reactive ketones (excluding diaryl/α,β-unsaturated/α-hetero) is 1. The molecule has 0 aromatic carbocycles. The van der Waals surface area contributed by atoms with Crippen LogP contribution >= 0.6 is 0 Å². The molecular formula is C24H32O7. The van der Waals surface area contributed by atoms with Crippen LogP contribution in [-0.2, 0) is 33.4 Å². The van der Waals surface area contributed by atoms with E-state index in [1.165, 1.54) is 7.11 Å². The van der Waals surface area contributed by atoms with Crippen LogP contribution in [0.3, 0.4) is 0 Å². The van der Waals surface area contributed by atoms with Crippen LogP contribution in [0.2, 0.25) is 0 Å². The van der Waals surface area contributed by atoms with Gasteiger partial charge in [-0.2, -0.15) is 0 Å². The third-order valence-corrected chi connectivity index (χ3v) is 9.49. The Kier molecular flexibility index (Phi) is 5.69. The molecule has 10 atom stereocenters. The van der Waals surface area contributed by atoms with Gasteiger partial charge in [-0.05, 0) is 62.2 Å². The van der Waals surface area contributed by atoms with Crippen molar-refractivity contribution in [1.82, 2.24) is 0 Å². The molecular weight excluding hydrogens is 400 g/mol. The quantitative estimate of drug-likeness (QED) is 0.494. The Bertz CT molecular complexity index is 793. The lowest BCUT2D eigenvalue weighted by Crippen LogP contribution is -2.49. The molecule has 0 aliphatic heterocycles. The zero-order valence-electron chi connectivity index (χ0n) is 18.5. The van der Waals surface area contributed by atoms with Gasteiger partial charge in [0, 0.05) is 42.8 Å². The molecule has 0 aromatic heterocycles. The molecule has 7 heteroatoms. The second-order valence-corrected chi connectivity index (χ2v) is 10.4. The minimum Gasteiger partial charge on any atom is -0.469 e. The van der Waals surface area contributed by atoms with E-state index >= 15 is 0 Å². The summed E-state index contributed by atoms with van der Waals surface area (Å²) in [5.74, 6) is -1.57.